The highest BCUT2D eigenvalue weighted by Gasteiger charge is 2.32. The molecule has 0 heterocycles. The van der Waals surface area contributed by atoms with Crippen LogP contribution in [0, 0.1) is 5.92 Å². The molecule has 1 N–H and O–H groups in total. The highest BCUT2D eigenvalue weighted by molar-refractivity contribution is 5.29. The van der Waals surface area contributed by atoms with Gasteiger partial charge in [0.15, 0.2) is 0 Å². The number of benzene rings is 1. The average Bonchev–Trinajstić information content (AvgIpc) is 2.33. The molecule has 1 atom stereocenters. The minimum Gasteiger partial charge on any atom is -0.314 e. The van der Waals surface area contributed by atoms with E-state index in [1.54, 1.807) is 12.1 Å². The number of hydrogen-bond acceptors (Lipinski definition) is 1. The molecule has 0 aliphatic rings. The molecule has 1 rings (SSSR count). The number of aryl methyl sites for hydroxylation is 1. The normalized spacial score (nSPS) is 13.8. The molecule has 0 fully saturated rings. The Labute approximate surface area is 113 Å². The van der Waals surface area contributed by atoms with Crippen molar-refractivity contribution in [3.05, 3.63) is 35.4 Å². The van der Waals surface area contributed by atoms with Crippen molar-refractivity contribution in [1.29, 1.82) is 0 Å². The van der Waals surface area contributed by atoms with E-state index in [2.05, 4.69) is 19.2 Å². The fourth-order valence-corrected chi connectivity index (χ4v) is 2.26. The summed E-state index contributed by atoms with van der Waals surface area (Å²) in [7, 11) is 0. The smallest absolute Gasteiger partial charge is 0.314 e. The Bertz CT molecular complexity index is 385. The van der Waals surface area contributed by atoms with Crippen LogP contribution in [0.4, 0.5) is 13.2 Å². The summed E-state index contributed by atoms with van der Waals surface area (Å²) in [5.74, 6) is 0.415. The lowest BCUT2D eigenvalue weighted by molar-refractivity contribution is -0.138. The van der Waals surface area contributed by atoms with Gasteiger partial charge in [0, 0.05) is 6.04 Å². The van der Waals surface area contributed by atoms with Gasteiger partial charge in [0.05, 0.1) is 5.56 Å². The van der Waals surface area contributed by atoms with Gasteiger partial charge in [0.1, 0.15) is 0 Å². The Morgan fingerprint density at radius 3 is 2.32 bits per heavy atom. The van der Waals surface area contributed by atoms with E-state index in [9.17, 15) is 13.2 Å². The lowest BCUT2D eigenvalue weighted by Gasteiger charge is -2.22. The van der Waals surface area contributed by atoms with Crippen molar-refractivity contribution >= 4 is 0 Å². The van der Waals surface area contributed by atoms with Crippen molar-refractivity contribution in [1.82, 2.24) is 5.32 Å². The molecule has 0 radical (unpaired) electrons. The molecule has 1 unspecified atom stereocenters. The number of hydrogen-bond donors (Lipinski definition) is 1. The van der Waals surface area contributed by atoms with Gasteiger partial charge >= 0.3 is 6.18 Å². The van der Waals surface area contributed by atoms with Crippen LogP contribution in [-0.2, 0) is 12.6 Å². The van der Waals surface area contributed by atoms with E-state index in [4.69, 9.17) is 0 Å². The predicted octanol–water partition coefficient (Wildman–Crippen LogP) is 4.27. The van der Waals surface area contributed by atoms with Gasteiger partial charge in [-0.2, -0.15) is 13.2 Å². The third-order valence-electron chi connectivity index (χ3n) is 3.32. The summed E-state index contributed by atoms with van der Waals surface area (Å²) in [4.78, 5) is 0. The van der Waals surface area contributed by atoms with Gasteiger partial charge in [0.2, 0.25) is 0 Å². The molecule has 1 aromatic rings. The van der Waals surface area contributed by atoms with Gasteiger partial charge in [-0.25, -0.2) is 0 Å². The summed E-state index contributed by atoms with van der Waals surface area (Å²) >= 11 is 0. The second-order valence-electron chi connectivity index (χ2n) is 5.10. The minimum absolute atomic E-state index is 0.256. The lowest BCUT2D eigenvalue weighted by Crippen LogP contribution is -2.34. The zero-order chi connectivity index (χ0) is 14.5. The summed E-state index contributed by atoms with van der Waals surface area (Å²) in [5, 5.41) is 3.33. The summed E-state index contributed by atoms with van der Waals surface area (Å²) in [6.07, 6.45) is -3.09. The van der Waals surface area contributed by atoms with Crippen molar-refractivity contribution in [2.75, 3.05) is 6.54 Å². The molecule has 0 amide bonds. The maximum absolute atomic E-state index is 12.9. The van der Waals surface area contributed by atoms with Gasteiger partial charge < -0.3 is 5.32 Å². The predicted molar refractivity (Wildman–Crippen MR) is 72.1 cm³/mol. The first-order valence-electron chi connectivity index (χ1n) is 6.74. The van der Waals surface area contributed by atoms with Crippen LogP contribution in [0.5, 0.6) is 0 Å². The van der Waals surface area contributed by atoms with E-state index in [1.165, 1.54) is 6.07 Å². The van der Waals surface area contributed by atoms with E-state index in [0.29, 0.717) is 17.9 Å². The van der Waals surface area contributed by atoms with Crippen molar-refractivity contribution in [2.45, 2.75) is 45.8 Å². The second-order valence-corrected chi connectivity index (χ2v) is 5.10. The van der Waals surface area contributed by atoms with Gasteiger partial charge in [0.25, 0.3) is 0 Å². The van der Waals surface area contributed by atoms with Crippen LogP contribution in [0.3, 0.4) is 0 Å². The summed E-state index contributed by atoms with van der Waals surface area (Å²) in [5.41, 5.74) is -0.118. The minimum atomic E-state index is -4.26. The van der Waals surface area contributed by atoms with Crippen molar-refractivity contribution in [2.24, 2.45) is 5.92 Å². The molecule has 19 heavy (non-hydrogen) atoms. The molecule has 0 saturated heterocycles. The molecule has 0 aliphatic carbocycles. The third kappa shape index (κ3) is 4.86. The molecular weight excluding hydrogens is 251 g/mol. The Hall–Kier alpha value is -1.03. The molecular formula is C15H22F3N. The maximum Gasteiger partial charge on any atom is 0.416 e. The molecule has 1 aromatic carbocycles. The van der Waals surface area contributed by atoms with Crippen LogP contribution >= 0.6 is 0 Å². The Morgan fingerprint density at radius 1 is 1.16 bits per heavy atom. The molecule has 0 spiro atoms. The SMILES string of the molecule is CCNC(CCc1ccccc1C(F)(F)F)C(C)C. The first kappa shape index (κ1) is 16.0. The standard InChI is InChI=1S/C15H22F3N/c1-4-19-14(11(2)3)10-9-12-7-5-6-8-13(12)15(16,17)18/h5-8,11,14,19H,4,9-10H2,1-3H3. The van der Waals surface area contributed by atoms with Crippen LogP contribution in [-0.4, -0.2) is 12.6 Å². The molecule has 0 saturated carbocycles. The molecule has 0 aliphatic heterocycles. The zero-order valence-electron chi connectivity index (χ0n) is 11.7. The number of rotatable bonds is 6. The van der Waals surface area contributed by atoms with Crippen LogP contribution in [0.2, 0.25) is 0 Å². The van der Waals surface area contributed by atoms with E-state index < -0.39 is 11.7 Å². The monoisotopic (exact) mass is 273 g/mol. The highest BCUT2D eigenvalue weighted by Crippen LogP contribution is 2.32. The van der Waals surface area contributed by atoms with Crippen molar-refractivity contribution in [3.63, 3.8) is 0 Å². The van der Waals surface area contributed by atoms with E-state index in [0.717, 1.165) is 19.0 Å². The quantitative estimate of drug-likeness (QED) is 0.816. The number of halogens is 3. The van der Waals surface area contributed by atoms with Gasteiger partial charge in [-0.1, -0.05) is 39.0 Å². The fourth-order valence-electron chi connectivity index (χ4n) is 2.26. The van der Waals surface area contributed by atoms with Crippen LogP contribution in [0.15, 0.2) is 24.3 Å². The fraction of sp³-hybridized carbons (Fsp3) is 0.600. The molecule has 0 aromatic heterocycles. The summed E-state index contributed by atoms with van der Waals surface area (Å²) in [6, 6.07) is 6.10. The topological polar surface area (TPSA) is 12.0 Å². The largest absolute Gasteiger partial charge is 0.416 e. The van der Waals surface area contributed by atoms with Gasteiger partial charge in [-0.15, -0.1) is 0 Å². The van der Waals surface area contributed by atoms with Crippen LogP contribution in [0.1, 0.15) is 38.3 Å². The van der Waals surface area contributed by atoms with Gasteiger partial charge in [-0.05, 0) is 36.9 Å². The average molecular weight is 273 g/mol. The first-order valence-corrected chi connectivity index (χ1v) is 6.74. The van der Waals surface area contributed by atoms with Crippen LogP contribution < -0.4 is 5.32 Å². The lowest BCUT2D eigenvalue weighted by atomic mass is 9.94. The first-order chi connectivity index (χ1) is 8.86. The van der Waals surface area contributed by atoms with Crippen LogP contribution in [0.25, 0.3) is 0 Å². The zero-order valence-corrected chi connectivity index (χ0v) is 11.7. The molecule has 4 heteroatoms. The maximum atomic E-state index is 12.9. The summed E-state index contributed by atoms with van der Waals surface area (Å²) in [6.45, 7) is 7.02. The third-order valence-corrected chi connectivity index (χ3v) is 3.32. The van der Waals surface area contributed by atoms with Crippen molar-refractivity contribution < 1.29 is 13.2 Å². The number of alkyl halides is 3. The Balaban J connectivity index is 2.77. The van der Waals surface area contributed by atoms with E-state index in [-0.39, 0.29) is 6.04 Å². The van der Waals surface area contributed by atoms with E-state index >= 15 is 0 Å². The second kappa shape index (κ2) is 6.94. The molecule has 108 valence electrons. The van der Waals surface area contributed by atoms with Gasteiger partial charge in [-0.3, -0.25) is 0 Å². The highest BCUT2D eigenvalue weighted by atomic mass is 19.4. The Morgan fingerprint density at radius 2 is 1.79 bits per heavy atom. The number of nitrogens with one attached hydrogen (secondary N) is 1. The summed E-state index contributed by atoms with van der Waals surface area (Å²) < 4.78 is 38.6. The van der Waals surface area contributed by atoms with E-state index in [1.807, 2.05) is 6.92 Å². The van der Waals surface area contributed by atoms with Crippen molar-refractivity contribution in [3.8, 4) is 0 Å². The molecule has 0 bridgehead atoms. The Kier molecular flexibility index (Phi) is 5.85. The molecule has 1 nitrogen and oxygen atoms in total.